The number of thiophene rings is 1. The molecular formula is C26H31N5O2S. The highest BCUT2D eigenvalue weighted by Gasteiger charge is 2.32. The maximum Gasteiger partial charge on any atom is 0.352 e. The molecule has 0 saturated heterocycles. The molecule has 1 unspecified atom stereocenters. The third kappa shape index (κ3) is 4.04. The highest BCUT2D eigenvalue weighted by Crippen LogP contribution is 2.43. The average Bonchev–Trinajstić information content (AvgIpc) is 3.30. The number of anilines is 1. The van der Waals surface area contributed by atoms with Crippen LogP contribution in [-0.2, 0) is 24.2 Å². The normalized spacial score (nSPS) is 16.4. The van der Waals surface area contributed by atoms with E-state index in [0.717, 1.165) is 29.5 Å². The largest absolute Gasteiger partial charge is 0.352 e. The van der Waals surface area contributed by atoms with Crippen molar-refractivity contribution in [3.05, 3.63) is 57.1 Å². The minimum absolute atomic E-state index is 0.146. The van der Waals surface area contributed by atoms with Crippen LogP contribution in [0.15, 0.2) is 35.4 Å². The molecule has 5 rings (SSSR count). The van der Waals surface area contributed by atoms with Crippen LogP contribution in [0.25, 0.3) is 15.9 Å². The summed E-state index contributed by atoms with van der Waals surface area (Å²) in [4.78, 5) is 32.5. The number of hydrogen-bond acceptors (Lipinski definition) is 5. The molecule has 1 amide bonds. The van der Waals surface area contributed by atoms with E-state index in [1.54, 1.807) is 11.3 Å². The first-order valence-corrected chi connectivity index (χ1v) is 12.7. The Kier molecular flexibility index (Phi) is 5.59. The van der Waals surface area contributed by atoms with Gasteiger partial charge < -0.3 is 5.32 Å². The van der Waals surface area contributed by atoms with Gasteiger partial charge in [-0.15, -0.1) is 16.4 Å². The zero-order valence-corrected chi connectivity index (χ0v) is 21.2. The van der Waals surface area contributed by atoms with Gasteiger partial charge in [-0.2, -0.15) is 0 Å². The molecular weight excluding hydrogens is 446 g/mol. The van der Waals surface area contributed by atoms with Gasteiger partial charge in [0.2, 0.25) is 5.91 Å². The van der Waals surface area contributed by atoms with Crippen LogP contribution >= 0.6 is 11.3 Å². The fourth-order valence-electron chi connectivity index (χ4n) is 4.83. The number of hydrogen-bond donors (Lipinski definition) is 1. The second-order valence-corrected chi connectivity index (χ2v) is 11.8. The number of amides is 1. The maximum atomic E-state index is 13.0. The molecule has 0 fully saturated rings. The van der Waals surface area contributed by atoms with Gasteiger partial charge in [-0.3, -0.25) is 4.79 Å². The van der Waals surface area contributed by atoms with Crippen molar-refractivity contribution in [2.24, 2.45) is 11.3 Å². The van der Waals surface area contributed by atoms with Crippen LogP contribution in [0, 0.1) is 11.3 Å². The Bertz CT molecular complexity index is 1440. The first kappa shape index (κ1) is 22.8. The van der Waals surface area contributed by atoms with Gasteiger partial charge in [0.15, 0.2) is 5.65 Å². The number of nitrogens with zero attached hydrogens (tertiary/aromatic N) is 4. The van der Waals surface area contributed by atoms with Crippen LogP contribution < -0.4 is 11.0 Å². The number of aromatic nitrogens is 4. The molecule has 0 radical (unpaired) electrons. The van der Waals surface area contributed by atoms with Crippen LogP contribution in [0.4, 0.5) is 5.69 Å². The summed E-state index contributed by atoms with van der Waals surface area (Å²) in [7, 11) is 0. The van der Waals surface area contributed by atoms with Crippen molar-refractivity contribution in [1.82, 2.24) is 19.2 Å². The van der Waals surface area contributed by atoms with Gasteiger partial charge >= 0.3 is 5.69 Å². The van der Waals surface area contributed by atoms with Gasteiger partial charge in [0.05, 0.1) is 5.39 Å². The van der Waals surface area contributed by atoms with Crippen molar-refractivity contribution in [2.45, 2.75) is 66.3 Å². The molecule has 3 heterocycles. The van der Waals surface area contributed by atoms with Crippen LogP contribution in [0.2, 0.25) is 0 Å². The molecule has 3 aromatic heterocycles. The van der Waals surface area contributed by atoms with Crippen LogP contribution in [0.1, 0.15) is 63.0 Å². The predicted octanol–water partition coefficient (Wildman–Crippen LogP) is 5.02. The minimum Gasteiger partial charge on any atom is -0.324 e. The highest BCUT2D eigenvalue weighted by atomic mass is 32.1. The monoisotopic (exact) mass is 477 g/mol. The first-order chi connectivity index (χ1) is 16.1. The molecule has 7 nitrogen and oxygen atoms in total. The smallest absolute Gasteiger partial charge is 0.324 e. The van der Waals surface area contributed by atoms with Gasteiger partial charge in [0.25, 0.3) is 0 Å². The number of aryl methyl sites for hydroxylation is 1. The molecule has 34 heavy (non-hydrogen) atoms. The number of carbonyl (C=O) groups excluding carboxylic acids is 1. The number of fused-ring (bicyclic) bond motifs is 5. The third-order valence-electron chi connectivity index (χ3n) is 7.01. The van der Waals surface area contributed by atoms with Crippen LogP contribution in [-0.4, -0.2) is 25.1 Å². The van der Waals surface area contributed by atoms with E-state index < -0.39 is 0 Å². The lowest BCUT2D eigenvalue weighted by molar-refractivity contribution is -0.117. The minimum atomic E-state index is -0.349. The summed E-state index contributed by atoms with van der Waals surface area (Å²) in [6.45, 7) is 11.0. The van der Waals surface area contributed by atoms with Crippen LogP contribution in [0.5, 0.6) is 0 Å². The fraction of sp³-hybridized carbons (Fsp3) is 0.462. The summed E-state index contributed by atoms with van der Waals surface area (Å²) in [5, 5.41) is 8.42. The Hall–Kier alpha value is -3.00. The van der Waals surface area contributed by atoms with Crippen molar-refractivity contribution < 1.29 is 4.79 Å². The number of benzene rings is 1. The van der Waals surface area contributed by atoms with E-state index in [1.165, 1.54) is 31.4 Å². The number of nitrogens with one attached hydrogen (secondary N) is 1. The van der Waals surface area contributed by atoms with Crippen molar-refractivity contribution >= 4 is 38.8 Å². The quantitative estimate of drug-likeness (QED) is 0.448. The van der Waals surface area contributed by atoms with E-state index in [9.17, 15) is 9.59 Å². The van der Waals surface area contributed by atoms with Crippen molar-refractivity contribution in [2.75, 3.05) is 5.32 Å². The second-order valence-electron chi connectivity index (χ2n) is 10.7. The van der Waals surface area contributed by atoms with Crippen LogP contribution in [0.3, 0.4) is 0 Å². The van der Waals surface area contributed by atoms with E-state index in [1.807, 2.05) is 24.3 Å². The van der Waals surface area contributed by atoms with E-state index in [2.05, 4.69) is 50.0 Å². The van der Waals surface area contributed by atoms with E-state index >= 15 is 0 Å². The number of rotatable bonds is 4. The molecule has 1 atom stereocenters. The van der Waals surface area contributed by atoms with Gasteiger partial charge in [0.1, 0.15) is 17.7 Å². The Balaban J connectivity index is 1.44. The molecule has 0 saturated carbocycles. The van der Waals surface area contributed by atoms with E-state index in [-0.39, 0.29) is 23.6 Å². The Morgan fingerprint density at radius 2 is 1.97 bits per heavy atom. The highest BCUT2D eigenvalue weighted by molar-refractivity contribution is 7.19. The van der Waals surface area contributed by atoms with Gasteiger partial charge in [0, 0.05) is 10.6 Å². The zero-order valence-electron chi connectivity index (χ0n) is 20.4. The van der Waals surface area contributed by atoms with E-state index in [0.29, 0.717) is 23.2 Å². The summed E-state index contributed by atoms with van der Waals surface area (Å²) < 4.78 is 2.70. The van der Waals surface area contributed by atoms with Gasteiger partial charge in [-0.25, -0.2) is 18.9 Å². The summed E-state index contributed by atoms with van der Waals surface area (Å²) in [5.74, 6) is 0.767. The molecule has 1 aromatic carbocycles. The standard InChI is InChI=1S/C26H31N5O2S/c1-15(2)16-6-9-18(10-7-16)28-21(32)13-31-25(33)30-14-27-24-22(23(30)29-31)19-11-8-17(26(3,4)5)12-20(19)34-24/h6-7,9-10,14-15,17H,8,11-13H2,1-5H3,(H,28,32). The van der Waals surface area contributed by atoms with Crippen molar-refractivity contribution in [1.29, 1.82) is 0 Å². The number of carbonyl (C=O) groups is 1. The molecule has 1 aliphatic rings. The second kappa shape index (κ2) is 8.34. The summed E-state index contributed by atoms with van der Waals surface area (Å²) in [5.41, 5.74) is 3.69. The molecule has 1 aliphatic carbocycles. The molecule has 0 aliphatic heterocycles. The maximum absolute atomic E-state index is 13.0. The summed E-state index contributed by atoms with van der Waals surface area (Å²) >= 11 is 1.71. The lowest BCUT2D eigenvalue weighted by Gasteiger charge is -2.33. The fourth-order valence-corrected chi connectivity index (χ4v) is 6.09. The summed E-state index contributed by atoms with van der Waals surface area (Å²) in [6.07, 6.45) is 4.66. The van der Waals surface area contributed by atoms with Crippen molar-refractivity contribution in [3.63, 3.8) is 0 Å². The predicted molar refractivity (Wildman–Crippen MR) is 137 cm³/mol. The Morgan fingerprint density at radius 3 is 2.65 bits per heavy atom. The van der Waals surface area contributed by atoms with Gasteiger partial charge in [-0.05, 0) is 59.8 Å². The molecule has 0 spiro atoms. The Morgan fingerprint density at radius 1 is 1.24 bits per heavy atom. The van der Waals surface area contributed by atoms with E-state index in [4.69, 9.17) is 0 Å². The molecule has 1 N–H and O–H groups in total. The topological polar surface area (TPSA) is 81.3 Å². The average molecular weight is 478 g/mol. The zero-order chi connectivity index (χ0) is 24.2. The molecule has 178 valence electrons. The Labute approximate surface area is 202 Å². The molecule has 8 heteroatoms. The summed E-state index contributed by atoms with van der Waals surface area (Å²) in [6, 6.07) is 7.78. The van der Waals surface area contributed by atoms with Crippen molar-refractivity contribution in [3.8, 4) is 0 Å². The third-order valence-corrected chi connectivity index (χ3v) is 8.17. The lowest BCUT2D eigenvalue weighted by atomic mass is 9.72. The molecule has 0 bridgehead atoms. The molecule has 4 aromatic rings. The lowest BCUT2D eigenvalue weighted by Crippen LogP contribution is -2.28. The van der Waals surface area contributed by atoms with Gasteiger partial charge in [-0.1, -0.05) is 46.8 Å². The first-order valence-electron chi connectivity index (χ1n) is 11.9. The SMILES string of the molecule is CC(C)c1ccc(NC(=O)Cn2nc3c4c5c(sc4ncn3c2=O)CC(C(C)(C)C)CC5)cc1.